The van der Waals surface area contributed by atoms with Crippen molar-refractivity contribution < 1.29 is 9.59 Å². The second-order valence-electron chi connectivity index (χ2n) is 6.44. The molecule has 10 nitrogen and oxygen atoms in total. The molecule has 0 spiro atoms. The molecule has 0 radical (unpaired) electrons. The van der Waals surface area contributed by atoms with Crippen molar-refractivity contribution >= 4 is 39.1 Å². The van der Waals surface area contributed by atoms with E-state index in [0.717, 1.165) is 15.9 Å². The first-order valence-corrected chi connectivity index (χ1v) is 9.32. The van der Waals surface area contributed by atoms with Gasteiger partial charge in [-0.1, -0.05) is 0 Å². The van der Waals surface area contributed by atoms with Crippen LogP contribution in [0.1, 0.15) is 34.8 Å². The molecular formula is C17H21BrN8O2. The van der Waals surface area contributed by atoms with Crippen molar-refractivity contribution in [2.75, 3.05) is 10.6 Å². The number of anilines is 2. The number of nitrogens with zero attached hydrogens (tertiary/aromatic N) is 6. The average Bonchev–Trinajstić information content (AvgIpc) is 3.28. The van der Waals surface area contributed by atoms with Gasteiger partial charge in [0.05, 0.1) is 45.8 Å². The van der Waals surface area contributed by atoms with E-state index < -0.39 is 11.9 Å². The first kappa shape index (κ1) is 19.8. The minimum absolute atomic E-state index is 0.238. The molecule has 0 saturated carbocycles. The number of amides is 2. The molecule has 3 aromatic heterocycles. The summed E-state index contributed by atoms with van der Waals surface area (Å²) in [5, 5.41) is 18.0. The molecule has 0 aliphatic rings. The van der Waals surface area contributed by atoms with Crippen molar-refractivity contribution in [2.45, 2.75) is 26.8 Å². The minimum atomic E-state index is -0.567. The maximum absolute atomic E-state index is 12.8. The Morgan fingerprint density at radius 1 is 0.964 bits per heavy atom. The number of carbonyl (C=O) groups excluding carboxylic acids is 2. The summed E-state index contributed by atoms with van der Waals surface area (Å²) in [6.45, 7) is 5.44. The van der Waals surface area contributed by atoms with Gasteiger partial charge in [0.2, 0.25) is 5.91 Å². The summed E-state index contributed by atoms with van der Waals surface area (Å²) >= 11 is 3.39. The molecule has 2 N–H and O–H groups in total. The largest absolute Gasteiger partial charge is 0.321 e. The van der Waals surface area contributed by atoms with Crippen LogP contribution < -0.4 is 10.6 Å². The van der Waals surface area contributed by atoms with Gasteiger partial charge in [0.25, 0.3) is 5.91 Å². The summed E-state index contributed by atoms with van der Waals surface area (Å²) in [5.41, 5.74) is 2.80. The maximum atomic E-state index is 12.8. The highest BCUT2D eigenvalue weighted by Gasteiger charge is 2.24. The van der Waals surface area contributed by atoms with Crippen LogP contribution in [0.2, 0.25) is 0 Å². The van der Waals surface area contributed by atoms with Crippen LogP contribution in [-0.4, -0.2) is 41.2 Å². The van der Waals surface area contributed by atoms with Gasteiger partial charge >= 0.3 is 0 Å². The van der Waals surface area contributed by atoms with Gasteiger partial charge in [0.1, 0.15) is 11.7 Å². The summed E-state index contributed by atoms with van der Waals surface area (Å²) in [7, 11) is 3.43. The van der Waals surface area contributed by atoms with Gasteiger partial charge in [-0.05, 0) is 36.7 Å². The Labute approximate surface area is 170 Å². The molecular weight excluding hydrogens is 428 g/mol. The highest BCUT2D eigenvalue weighted by molar-refractivity contribution is 9.10. The van der Waals surface area contributed by atoms with Crippen LogP contribution in [0.4, 0.5) is 11.4 Å². The fourth-order valence-corrected chi connectivity index (χ4v) is 3.02. The first-order valence-electron chi connectivity index (χ1n) is 8.53. The molecule has 3 aromatic rings. The van der Waals surface area contributed by atoms with Crippen LogP contribution in [0.3, 0.4) is 0 Å². The Hall–Kier alpha value is -2.95. The van der Waals surface area contributed by atoms with E-state index in [1.807, 2.05) is 13.8 Å². The third-order valence-electron chi connectivity index (χ3n) is 4.63. The summed E-state index contributed by atoms with van der Waals surface area (Å²) in [6, 6.07) is -0.567. The zero-order valence-corrected chi connectivity index (χ0v) is 17.8. The molecule has 0 aromatic carbocycles. The molecule has 0 aliphatic carbocycles. The molecule has 28 heavy (non-hydrogen) atoms. The Morgan fingerprint density at radius 2 is 1.61 bits per heavy atom. The van der Waals surface area contributed by atoms with Gasteiger partial charge in [0.15, 0.2) is 0 Å². The summed E-state index contributed by atoms with van der Waals surface area (Å²) < 4.78 is 5.50. The van der Waals surface area contributed by atoms with Crippen molar-refractivity contribution in [1.82, 2.24) is 29.3 Å². The van der Waals surface area contributed by atoms with Crippen molar-refractivity contribution in [2.24, 2.45) is 14.1 Å². The highest BCUT2D eigenvalue weighted by Crippen LogP contribution is 2.22. The lowest BCUT2D eigenvalue weighted by Gasteiger charge is -2.15. The van der Waals surface area contributed by atoms with Crippen molar-refractivity contribution in [3.05, 3.63) is 40.1 Å². The number of nitrogens with one attached hydrogen (secondary N) is 2. The number of carbonyl (C=O) groups is 2. The Balaban J connectivity index is 1.80. The molecule has 0 saturated heterocycles. The van der Waals surface area contributed by atoms with E-state index in [9.17, 15) is 9.59 Å². The zero-order valence-electron chi connectivity index (χ0n) is 16.2. The minimum Gasteiger partial charge on any atom is -0.321 e. The summed E-state index contributed by atoms with van der Waals surface area (Å²) in [5.74, 6) is -0.699. The molecule has 148 valence electrons. The number of halogens is 1. The van der Waals surface area contributed by atoms with E-state index in [-0.39, 0.29) is 11.6 Å². The molecule has 11 heteroatoms. The van der Waals surface area contributed by atoms with E-state index in [0.29, 0.717) is 11.4 Å². The van der Waals surface area contributed by atoms with Crippen LogP contribution in [0, 0.1) is 13.8 Å². The van der Waals surface area contributed by atoms with Gasteiger partial charge in [-0.25, -0.2) is 0 Å². The normalized spacial score (nSPS) is 12.1. The predicted octanol–water partition coefficient (Wildman–Crippen LogP) is 2.18. The van der Waals surface area contributed by atoms with E-state index in [2.05, 4.69) is 41.9 Å². The van der Waals surface area contributed by atoms with Gasteiger partial charge < -0.3 is 10.6 Å². The third kappa shape index (κ3) is 3.57. The number of aryl methyl sites for hydroxylation is 2. The quantitative estimate of drug-likeness (QED) is 0.620. The van der Waals surface area contributed by atoms with Crippen molar-refractivity contribution in [3.8, 4) is 0 Å². The fraction of sp³-hybridized carbons (Fsp3) is 0.353. The zero-order chi connectivity index (χ0) is 20.6. The third-order valence-corrected chi connectivity index (χ3v) is 5.40. The number of aromatic nitrogens is 6. The van der Waals surface area contributed by atoms with Crippen molar-refractivity contribution in [1.29, 1.82) is 0 Å². The molecule has 1 atom stereocenters. The lowest BCUT2D eigenvalue weighted by atomic mass is 10.2. The molecule has 0 fully saturated rings. The van der Waals surface area contributed by atoms with Gasteiger partial charge in [0, 0.05) is 14.1 Å². The lowest BCUT2D eigenvalue weighted by molar-refractivity contribution is -0.119. The molecule has 3 rings (SSSR count). The van der Waals surface area contributed by atoms with Gasteiger partial charge in [-0.2, -0.15) is 15.3 Å². The number of rotatable bonds is 5. The molecule has 3 heterocycles. The molecule has 2 amide bonds. The van der Waals surface area contributed by atoms with Crippen LogP contribution in [0.5, 0.6) is 0 Å². The summed E-state index contributed by atoms with van der Waals surface area (Å²) in [4.78, 5) is 25.5. The second kappa shape index (κ2) is 7.58. The topological polar surface area (TPSA) is 112 Å². The average molecular weight is 449 g/mol. The fourth-order valence-electron chi connectivity index (χ4n) is 2.74. The van der Waals surface area contributed by atoms with Crippen molar-refractivity contribution in [3.63, 3.8) is 0 Å². The maximum Gasteiger partial charge on any atom is 0.276 e. The standard InChI is InChI=1S/C17H21BrN8O2/c1-9-12(18)6-21-26(9)11(3)16(27)23-14-8-20-25(5)15(14)17(28)22-13-7-19-24(4)10(13)2/h6-8,11H,1-5H3,(H,22,28)(H,23,27). The predicted molar refractivity (Wildman–Crippen MR) is 107 cm³/mol. The highest BCUT2D eigenvalue weighted by atomic mass is 79.9. The molecule has 0 aliphatic heterocycles. The van der Waals surface area contributed by atoms with E-state index in [1.165, 1.54) is 10.9 Å². The SMILES string of the molecule is Cc1c(NC(=O)c2c(NC(=O)C(C)n3ncc(Br)c3C)cnn2C)cnn1C. The number of hydrogen-bond acceptors (Lipinski definition) is 5. The van der Waals surface area contributed by atoms with E-state index >= 15 is 0 Å². The molecule has 0 bridgehead atoms. The van der Waals surface area contributed by atoms with Gasteiger partial charge in [-0.15, -0.1) is 0 Å². The smallest absolute Gasteiger partial charge is 0.276 e. The number of hydrogen-bond donors (Lipinski definition) is 2. The Morgan fingerprint density at radius 3 is 2.18 bits per heavy atom. The van der Waals surface area contributed by atoms with Gasteiger partial charge in [-0.3, -0.25) is 23.6 Å². The lowest BCUT2D eigenvalue weighted by Crippen LogP contribution is -2.26. The monoisotopic (exact) mass is 448 g/mol. The first-order chi connectivity index (χ1) is 13.2. The van der Waals surface area contributed by atoms with Crippen LogP contribution in [-0.2, 0) is 18.9 Å². The molecule has 1 unspecified atom stereocenters. The Bertz CT molecular complexity index is 1050. The van der Waals surface area contributed by atoms with Crippen LogP contribution in [0.25, 0.3) is 0 Å². The summed E-state index contributed by atoms with van der Waals surface area (Å²) in [6.07, 6.45) is 4.65. The van der Waals surface area contributed by atoms with E-state index in [4.69, 9.17) is 0 Å². The van der Waals surface area contributed by atoms with E-state index in [1.54, 1.807) is 42.8 Å². The Kier molecular flexibility index (Phi) is 5.36. The van der Waals surface area contributed by atoms with Crippen LogP contribution >= 0.6 is 15.9 Å². The second-order valence-corrected chi connectivity index (χ2v) is 7.29. The van der Waals surface area contributed by atoms with Crippen LogP contribution in [0.15, 0.2) is 23.1 Å².